The smallest absolute Gasteiger partial charge is 0.169 e. The molecular weight excluding hydrogens is 282 g/mol. The Kier molecular flexibility index (Phi) is 3.70. The maximum Gasteiger partial charge on any atom is 0.169 e. The standard InChI is InChI=1S/C15H17N5S/c1-10(2)13-14(16)18-19-20(13)8-12-9-21-15(17-12)11-6-4-3-5-7-11/h3-7,9-10H,8,16H2,1-2H3. The Hall–Kier alpha value is -2.21. The van der Waals surface area contributed by atoms with Crippen LogP contribution in [0, 0.1) is 0 Å². The fourth-order valence-electron chi connectivity index (χ4n) is 2.29. The highest BCUT2D eigenvalue weighted by atomic mass is 32.1. The van der Waals surface area contributed by atoms with E-state index in [9.17, 15) is 0 Å². The van der Waals surface area contributed by atoms with Gasteiger partial charge in [0.25, 0.3) is 0 Å². The van der Waals surface area contributed by atoms with Crippen molar-refractivity contribution in [2.24, 2.45) is 0 Å². The molecule has 108 valence electrons. The zero-order chi connectivity index (χ0) is 14.8. The van der Waals surface area contributed by atoms with Crippen molar-refractivity contribution < 1.29 is 0 Å². The summed E-state index contributed by atoms with van der Waals surface area (Å²) in [5.41, 5.74) is 8.95. The van der Waals surface area contributed by atoms with Crippen molar-refractivity contribution in [1.82, 2.24) is 20.0 Å². The third-order valence-electron chi connectivity index (χ3n) is 3.23. The van der Waals surface area contributed by atoms with Crippen LogP contribution >= 0.6 is 11.3 Å². The molecule has 3 aromatic rings. The highest BCUT2D eigenvalue weighted by Crippen LogP contribution is 2.25. The van der Waals surface area contributed by atoms with Crippen molar-refractivity contribution in [1.29, 1.82) is 0 Å². The lowest BCUT2D eigenvalue weighted by atomic mass is 10.1. The average molecular weight is 299 g/mol. The van der Waals surface area contributed by atoms with Crippen LogP contribution in [0.1, 0.15) is 31.2 Å². The molecule has 0 atom stereocenters. The van der Waals surface area contributed by atoms with Crippen LogP contribution in [0.15, 0.2) is 35.7 Å². The van der Waals surface area contributed by atoms with E-state index < -0.39 is 0 Å². The Bertz CT molecular complexity index is 730. The summed E-state index contributed by atoms with van der Waals surface area (Å²) in [6, 6.07) is 10.2. The van der Waals surface area contributed by atoms with Crippen molar-refractivity contribution in [2.75, 3.05) is 5.73 Å². The number of nitrogen functional groups attached to an aromatic ring is 1. The van der Waals surface area contributed by atoms with Gasteiger partial charge in [0.2, 0.25) is 0 Å². The summed E-state index contributed by atoms with van der Waals surface area (Å²) in [4.78, 5) is 4.67. The van der Waals surface area contributed by atoms with Crippen molar-refractivity contribution in [2.45, 2.75) is 26.3 Å². The van der Waals surface area contributed by atoms with Gasteiger partial charge in [-0.2, -0.15) is 0 Å². The van der Waals surface area contributed by atoms with E-state index >= 15 is 0 Å². The molecule has 3 rings (SSSR count). The van der Waals surface area contributed by atoms with Gasteiger partial charge < -0.3 is 5.73 Å². The lowest BCUT2D eigenvalue weighted by Gasteiger charge is -2.08. The molecule has 0 fully saturated rings. The molecule has 1 aromatic carbocycles. The largest absolute Gasteiger partial charge is 0.381 e. The fourth-order valence-corrected chi connectivity index (χ4v) is 3.11. The molecule has 0 aliphatic carbocycles. The van der Waals surface area contributed by atoms with E-state index in [0.29, 0.717) is 12.4 Å². The molecule has 0 radical (unpaired) electrons. The lowest BCUT2D eigenvalue weighted by Crippen LogP contribution is -2.09. The second-order valence-corrected chi connectivity index (χ2v) is 6.04. The van der Waals surface area contributed by atoms with Gasteiger partial charge in [-0.1, -0.05) is 49.4 Å². The minimum atomic E-state index is 0.284. The Balaban J connectivity index is 1.85. The SMILES string of the molecule is CC(C)c1c(N)nnn1Cc1csc(-c2ccccc2)n1. The Morgan fingerprint density at radius 2 is 2.00 bits per heavy atom. The molecule has 0 unspecified atom stereocenters. The summed E-state index contributed by atoms with van der Waals surface area (Å²) in [5.74, 6) is 0.788. The van der Waals surface area contributed by atoms with Crippen LogP contribution < -0.4 is 5.73 Å². The molecule has 0 bridgehead atoms. The van der Waals surface area contributed by atoms with Crippen LogP contribution in [0.2, 0.25) is 0 Å². The second-order valence-electron chi connectivity index (χ2n) is 5.18. The number of hydrogen-bond donors (Lipinski definition) is 1. The van der Waals surface area contributed by atoms with Gasteiger partial charge in [-0.3, -0.25) is 0 Å². The minimum Gasteiger partial charge on any atom is -0.381 e. The molecule has 0 aliphatic heterocycles. The Morgan fingerprint density at radius 1 is 1.24 bits per heavy atom. The van der Waals surface area contributed by atoms with Gasteiger partial charge in [-0.25, -0.2) is 9.67 Å². The molecule has 2 aromatic heterocycles. The summed E-state index contributed by atoms with van der Waals surface area (Å²) in [6.45, 7) is 4.77. The van der Waals surface area contributed by atoms with Crippen LogP contribution in [0.4, 0.5) is 5.82 Å². The molecule has 21 heavy (non-hydrogen) atoms. The second kappa shape index (κ2) is 5.65. The average Bonchev–Trinajstić information content (AvgIpc) is 3.07. The van der Waals surface area contributed by atoms with Gasteiger partial charge in [0.15, 0.2) is 5.82 Å². The third kappa shape index (κ3) is 2.80. The molecule has 0 aliphatic rings. The van der Waals surface area contributed by atoms with Crippen LogP contribution in [-0.2, 0) is 6.54 Å². The molecule has 0 amide bonds. The van der Waals surface area contributed by atoms with Crippen LogP contribution in [-0.4, -0.2) is 20.0 Å². The van der Waals surface area contributed by atoms with Gasteiger partial charge in [-0.15, -0.1) is 16.4 Å². The first kappa shape index (κ1) is 13.8. The first-order chi connectivity index (χ1) is 10.1. The van der Waals surface area contributed by atoms with Gasteiger partial charge in [0, 0.05) is 10.9 Å². The highest BCUT2D eigenvalue weighted by molar-refractivity contribution is 7.13. The van der Waals surface area contributed by atoms with E-state index in [1.54, 1.807) is 11.3 Å². The van der Waals surface area contributed by atoms with E-state index in [-0.39, 0.29) is 5.92 Å². The lowest BCUT2D eigenvalue weighted by molar-refractivity contribution is 0.592. The maximum atomic E-state index is 5.88. The van der Waals surface area contributed by atoms with Crippen molar-refractivity contribution in [3.8, 4) is 10.6 Å². The molecule has 6 heteroatoms. The Morgan fingerprint density at radius 3 is 2.71 bits per heavy atom. The molecular formula is C15H17N5S. The summed E-state index contributed by atoms with van der Waals surface area (Å²) in [5, 5.41) is 11.2. The molecule has 0 saturated heterocycles. The maximum absolute atomic E-state index is 5.88. The van der Waals surface area contributed by atoms with E-state index in [4.69, 9.17) is 5.73 Å². The number of thiazole rings is 1. The predicted octanol–water partition coefficient (Wildman–Crippen LogP) is 3.16. The van der Waals surface area contributed by atoms with Crippen LogP contribution in [0.3, 0.4) is 0 Å². The summed E-state index contributed by atoms with van der Waals surface area (Å²) in [7, 11) is 0. The number of benzene rings is 1. The normalized spacial score (nSPS) is 11.2. The summed E-state index contributed by atoms with van der Waals surface area (Å²) < 4.78 is 1.84. The van der Waals surface area contributed by atoms with E-state index in [2.05, 4.69) is 46.7 Å². The van der Waals surface area contributed by atoms with Crippen LogP contribution in [0.25, 0.3) is 10.6 Å². The highest BCUT2D eigenvalue weighted by Gasteiger charge is 2.15. The summed E-state index contributed by atoms with van der Waals surface area (Å²) in [6.07, 6.45) is 0. The number of anilines is 1. The molecule has 2 heterocycles. The fraction of sp³-hybridized carbons (Fsp3) is 0.267. The van der Waals surface area contributed by atoms with Crippen molar-refractivity contribution in [3.05, 3.63) is 47.1 Å². The zero-order valence-corrected chi connectivity index (χ0v) is 12.8. The third-order valence-corrected chi connectivity index (χ3v) is 4.17. The van der Waals surface area contributed by atoms with E-state index in [1.807, 2.05) is 22.9 Å². The number of rotatable bonds is 4. The van der Waals surface area contributed by atoms with Gasteiger partial charge in [0.1, 0.15) is 5.01 Å². The molecule has 0 saturated carbocycles. The van der Waals surface area contributed by atoms with Gasteiger partial charge >= 0.3 is 0 Å². The minimum absolute atomic E-state index is 0.284. The predicted molar refractivity (Wildman–Crippen MR) is 85.2 cm³/mol. The number of hydrogen-bond acceptors (Lipinski definition) is 5. The van der Waals surface area contributed by atoms with E-state index in [1.165, 1.54) is 0 Å². The topological polar surface area (TPSA) is 69.6 Å². The zero-order valence-electron chi connectivity index (χ0n) is 12.0. The van der Waals surface area contributed by atoms with E-state index in [0.717, 1.165) is 22.0 Å². The summed E-state index contributed by atoms with van der Waals surface area (Å²) >= 11 is 1.64. The number of nitrogens with two attached hydrogens (primary N) is 1. The molecule has 0 spiro atoms. The monoisotopic (exact) mass is 299 g/mol. The van der Waals surface area contributed by atoms with Crippen molar-refractivity contribution in [3.63, 3.8) is 0 Å². The quantitative estimate of drug-likeness (QED) is 0.803. The van der Waals surface area contributed by atoms with Gasteiger partial charge in [0.05, 0.1) is 17.9 Å². The number of nitrogens with zero attached hydrogens (tertiary/aromatic N) is 4. The van der Waals surface area contributed by atoms with Gasteiger partial charge in [-0.05, 0) is 5.92 Å². The Labute approximate surface area is 127 Å². The number of aromatic nitrogens is 4. The first-order valence-electron chi connectivity index (χ1n) is 6.84. The molecule has 5 nitrogen and oxygen atoms in total. The molecule has 2 N–H and O–H groups in total. The van der Waals surface area contributed by atoms with Crippen LogP contribution in [0.5, 0.6) is 0 Å². The first-order valence-corrected chi connectivity index (χ1v) is 7.72. The van der Waals surface area contributed by atoms with Crippen molar-refractivity contribution >= 4 is 17.2 Å².